The second-order valence-electron chi connectivity index (χ2n) is 7.19. The third-order valence-corrected chi connectivity index (χ3v) is 5.20. The third kappa shape index (κ3) is 7.01. The van der Waals surface area contributed by atoms with Gasteiger partial charge in [0.15, 0.2) is 0 Å². The SMILES string of the molecule is N#Cc1ccc(C(c2ccc(Cl)cc2)n2ccnc2)cc1Oc1cccc(Cl)c1.O=C(O)C(F)(F)F. The van der Waals surface area contributed by atoms with Crippen molar-refractivity contribution in [1.82, 2.24) is 9.55 Å². The first kappa shape index (κ1) is 26.6. The molecule has 0 amide bonds. The zero-order valence-electron chi connectivity index (χ0n) is 18.2. The Morgan fingerprint density at radius 2 is 1.69 bits per heavy atom. The highest BCUT2D eigenvalue weighted by Crippen LogP contribution is 2.33. The monoisotopic (exact) mass is 533 g/mol. The lowest BCUT2D eigenvalue weighted by atomic mass is 9.97. The van der Waals surface area contributed by atoms with Crippen LogP contribution < -0.4 is 4.74 Å². The van der Waals surface area contributed by atoms with Crippen LogP contribution in [0, 0.1) is 11.3 Å². The van der Waals surface area contributed by atoms with Crippen molar-refractivity contribution in [1.29, 1.82) is 5.26 Å². The van der Waals surface area contributed by atoms with E-state index in [2.05, 4.69) is 11.1 Å². The summed E-state index contributed by atoms with van der Waals surface area (Å²) in [6.07, 6.45) is 0.305. The van der Waals surface area contributed by atoms with E-state index in [9.17, 15) is 18.4 Å². The molecule has 184 valence electrons. The zero-order valence-corrected chi connectivity index (χ0v) is 19.7. The molecule has 0 aliphatic rings. The molecule has 1 aromatic heterocycles. The summed E-state index contributed by atoms with van der Waals surface area (Å²) >= 11 is 12.1. The Bertz CT molecular complexity index is 1370. The minimum absolute atomic E-state index is 0.149. The quantitative estimate of drug-likeness (QED) is 0.295. The first-order valence-electron chi connectivity index (χ1n) is 10.1. The number of rotatable bonds is 5. The van der Waals surface area contributed by atoms with Gasteiger partial charge in [-0.25, -0.2) is 9.78 Å². The average Bonchev–Trinajstić information content (AvgIpc) is 3.35. The number of carboxylic acids is 1. The number of halogens is 5. The number of imidazole rings is 1. The first-order valence-corrected chi connectivity index (χ1v) is 10.8. The largest absolute Gasteiger partial charge is 0.490 e. The van der Waals surface area contributed by atoms with Crippen LogP contribution in [0.4, 0.5) is 13.2 Å². The van der Waals surface area contributed by atoms with Crippen molar-refractivity contribution >= 4 is 29.2 Å². The molecule has 0 spiro atoms. The van der Waals surface area contributed by atoms with Gasteiger partial charge in [0.05, 0.1) is 17.9 Å². The summed E-state index contributed by atoms with van der Waals surface area (Å²) in [5.74, 6) is -1.73. The van der Waals surface area contributed by atoms with E-state index in [4.69, 9.17) is 37.8 Å². The zero-order chi connectivity index (χ0) is 26.3. The molecule has 1 N–H and O–H groups in total. The summed E-state index contributed by atoms with van der Waals surface area (Å²) in [6.45, 7) is 0. The molecule has 0 saturated carbocycles. The second-order valence-corrected chi connectivity index (χ2v) is 8.07. The molecule has 4 aromatic rings. The Labute approximate surface area is 213 Å². The maximum Gasteiger partial charge on any atom is 0.490 e. The lowest BCUT2D eigenvalue weighted by molar-refractivity contribution is -0.192. The highest BCUT2D eigenvalue weighted by molar-refractivity contribution is 6.30. The van der Waals surface area contributed by atoms with Crippen LogP contribution in [0.1, 0.15) is 22.7 Å². The standard InChI is InChI=1S/C23H15Cl2N3O.C2HF3O2/c24-19-8-6-16(7-9-19)23(28-11-10-27-15-28)17-4-5-18(14-26)22(12-17)29-21-3-1-2-20(25)13-21;3-2(4,5)1(6)7/h1-13,15,23H;(H,6,7). The number of nitriles is 1. The van der Waals surface area contributed by atoms with Crippen LogP contribution in [0.2, 0.25) is 10.0 Å². The van der Waals surface area contributed by atoms with Crippen LogP contribution in [0.15, 0.2) is 85.5 Å². The van der Waals surface area contributed by atoms with Crippen molar-refractivity contribution in [2.24, 2.45) is 0 Å². The summed E-state index contributed by atoms with van der Waals surface area (Å²) in [4.78, 5) is 13.1. The van der Waals surface area contributed by atoms with Crippen molar-refractivity contribution < 1.29 is 27.8 Å². The molecule has 11 heteroatoms. The molecule has 1 unspecified atom stereocenters. The Hall–Kier alpha value is -4.00. The molecule has 36 heavy (non-hydrogen) atoms. The minimum Gasteiger partial charge on any atom is -0.475 e. The maximum atomic E-state index is 10.6. The smallest absolute Gasteiger partial charge is 0.475 e. The summed E-state index contributed by atoms with van der Waals surface area (Å²) in [7, 11) is 0. The van der Waals surface area contributed by atoms with Gasteiger partial charge in [0.1, 0.15) is 17.6 Å². The van der Waals surface area contributed by atoms with Gasteiger partial charge in [0.2, 0.25) is 0 Å². The van der Waals surface area contributed by atoms with E-state index in [0.29, 0.717) is 27.1 Å². The molecule has 3 aromatic carbocycles. The number of nitrogens with zero attached hydrogens (tertiary/aromatic N) is 3. The van der Waals surface area contributed by atoms with Gasteiger partial charge >= 0.3 is 12.1 Å². The molecule has 0 aliphatic heterocycles. The lowest BCUT2D eigenvalue weighted by Gasteiger charge is -2.21. The van der Waals surface area contributed by atoms with Crippen LogP contribution in [0.5, 0.6) is 11.5 Å². The van der Waals surface area contributed by atoms with Gasteiger partial charge in [-0.15, -0.1) is 0 Å². The highest BCUT2D eigenvalue weighted by atomic mass is 35.5. The van der Waals surface area contributed by atoms with E-state index in [1.807, 2.05) is 47.2 Å². The Morgan fingerprint density at radius 3 is 2.25 bits per heavy atom. The fourth-order valence-corrected chi connectivity index (χ4v) is 3.45. The van der Waals surface area contributed by atoms with Crippen LogP contribution in [-0.4, -0.2) is 26.8 Å². The van der Waals surface area contributed by atoms with E-state index >= 15 is 0 Å². The molecule has 1 atom stereocenters. The number of alkyl halides is 3. The molecule has 0 bridgehead atoms. The fraction of sp³-hybridized carbons (Fsp3) is 0.0800. The second kappa shape index (κ2) is 11.6. The van der Waals surface area contributed by atoms with Crippen LogP contribution in [-0.2, 0) is 4.79 Å². The molecule has 1 heterocycles. The predicted octanol–water partition coefficient (Wildman–Crippen LogP) is 7.12. The molecule has 0 saturated heterocycles. The number of ether oxygens (including phenoxy) is 1. The fourth-order valence-electron chi connectivity index (χ4n) is 3.15. The average molecular weight is 534 g/mol. The Balaban J connectivity index is 0.000000454. The maximum absolute atomic E-state index is 10.6. The summed E-state index contributed by atoms with van der Waals surface area (Å²) in [5, 5.41) is 17.9. The third-order valence-electron chi connectivity index (χ3n) is 4.72. The number of carbonyl (C=O) groups is 1. The van der Waals surface area contributed by atoms with Crippen molar-refractivity contribution in [2.45, 2.75) is 12.2 Å². The number of hydrogen-bond acceptors (Lipinski definition) is 4. The minimum atomic E-state index is -5.08. The van der Waals surface area contributed by atoms with E-state index in [-0.39, 0.29) is 6.04 Å². The Kier molecular flexibility index (Phi) is 8.59. The van der Waals surface area contributed by atoms with Crippen molar-refractivity contribution in [3.63, 3.8) is 0 Å². The number of aliphatic carboxylic acids is 1. The van der Waals surface area contributed by atoms with E-state index in [1.165, 1.54) is 0 Å². The van der Waals surface area contributed by atoms with Gasteiger partial charge < -0.3 is 14.4 Å². The van der Waals surface area contributed by atoms with Gasteiger partial charge in [-0.05, 0) is 53.6 Å². The van der Waals surface area contributed by atoms with Gasteiger partial charge in [0.25, 0.3) is 0 Å². The van der Waals surface area contributed by atoms with E-state index in [0.717, 1.165) is 11.1 Å². The summed E-state index contributed by atoms with van der Waals surface area (Å²) < 4.78 is 39.7. The van der Waals surface area contributed by atoms with Gasteiger partial charge in [-0.1, -0.05) is 47.5 Å². The number of benzene rings is 3. The van der Waals surface area contributed by atoms with Crippen molar-refractivity contribution in [3.8, 4) is 17.6 Å². The highest BCUT2D eigenvalue weighted by Gasteiger charge is 2.38. The van der Waals surface area contributed by atoms with E-state index in [1.54, 1.807) is 42.9 Å². The van der Waals surface area contributed by atoms with Crippen LogP contribution in [0.3, 0.4) is 0 Å². The number of aromatic nitrogens is 2. The van der Waals surface area contributed by atoms with Gasteiger partial charge in [-0.2, -0.15) is 18.4 Å². The molecule has 0 aliphatic carbocycles. The normalized spacial score (nSPS) is 11.6. The lowest BCUT2D eigenvalue weighted by Crippen LogP contribution is -2.21. The van der Waals surface area contributed by atoms with Crippen molar-refractivity contribution in [2.75, 3.05) is 0 Å². The number of carboxylic acid groups (broad SMARTS) is 1. The first-order chi connectivity index (χ1) is 17.1. The molecule has 6 nitrogen and oxygen atoms in total. The topological polar surface area (TPSA) is 88.1 Å². The molecule has 4 rings (SSSR count). The predicted molar refractivity (Wildman–Crippen MR) is 127 cm³/mol. The molecular formula is C25H16Cl2F3N3O3. The van der Waals surface area contributed by atoms with Crippen molar-refractivity contribution in [3.05, 3.63) is 112 Å². The molecule has 0 fully saturated rings. The summed E-state index contributed by atoms with van der Waals surface area (Å²) in [6, 6.07) is 22.3. The molecular weight excluding hydrogens is 518 g/mol. The van der Waals surface area contributed by atoms with Gasteiger partial charge in [-0.3, -0.25) is 0 Å². The van der Waals surface area contributed by atoms with Gasteiger partial charge in [0, 0.05) is 22.4 Å². The van der Waals surface area contributed by atoms with Crippen LogP contribution in [0.25, 0.3) is 0 Å². The molecule has 0 radical (unpaired) electrons. The Morgan fingerprint density at radius 1 is 1.03 bits per heavy atom. The van der Waals surface area contributed by atoms with Crippen LogP contribution >= 0.6 is 23.2 Å². The number of hydrogen-bond donors (Lipinski definition) is 1. The van der Waals surface area contributed by atoms with E-state index < -0.39 is 12.1 Å². The summed E-state index contributed by atoms with van der Waals surface area (Å²) in [5.41, 5.74) is 2.42.